The number of hydrogen-bond acceptors (Lipinski definition) is 6. The highest BCUT2D eigenvalue weighted by molar-refractivity contribution is 7.89. The highest BCUT2D eigenvalue weighted by Gasteiger charge is 2.38. The van der Waals surface area contributed by atoms with E-state index >= 15 is 0 Å². The molecule has 184 valence electrons. The number of alkyl halides is 3. The molecule has 4 rings (SSSR count). The lowest BCUT2D eigenvalue weighted by Crippen LogP contribution is -2.41. The van der Waals surface area contributed by atoms with Gasteiger partial charge < -0.3 is 14.6 Å². The monoisotopic (exact) mass is 501 g/mol. The fraction of sp³-hybridized carbons (Fsp3) is 0.400. The molecule has 0 radical (unpaired) electrons. The predicted molar refractivity (Wildman–Crippen MR) is 112 cm³/mol. The van der Waals surface area contributed by atoms with E-state index in [1.807, 2.05) is 29.8 Å². The normalized spacial score (nSPS) is 18.2. The molecule has 0 saturated heterocycles. The van der Waals surface area contributed by atoms with Crippen molar-refractivity contribution in [3.8, 4) is 0 Å². The first-order valence-corrected chi connectivity index (χ1v) is 11.6. The predicted octanol–water partition coefficient (Wildman–Crippen LogP) is 1.62. The van der Waals surface area contributed by atoms with Gasteiger partial charge in [0.2, 0.25) is 15.9 Å². The van der Waals surface area contributed by atoms with Crippen molar-refractivity contribution in [2.45, 2.75) is 37.0 Å². The highest BCUT2D eigenvalue weighted by Crippen LogP contribution is 2.30. The fourth-order valence-corrected chi connectivity index (χ4v) is 5.07. The van der Waals surface area contributed by atoms with Gasteiger partial charge in [-0.2, -0.15) is 17.5 Å². The van der Waals surface area contributed by atoms with Crippen LogP contribution in [0.15, 0.2) is 47.8 Å². The van der Waals surface area contributed by atoms with Gasteiger partial charge in [-0.15, -0.1) is 0 Å². The zero-order valence-electron chi connectivity index (χ0n) is 18.0. The van der Waals surface area contributed by atoms with Crippen LogP contribution in [0.2, 0.25) is 0 Å². The lowest BCUT2D eigenvalue weighted by atomic mass is 10.2. The van der Waals surface area contributed by atoms with Gasteiger partial charge in [-0.1, -0.05) is 12.2 Å². The standard InChI is InChI=1S/C18H21N5O3S.C2HF3O2/c1-14-18-20-15(11-17(24)21-7-2-3-8-21)13-22(18)9-10-23(14)27(25,26)16-5-4-6-19-12-16;3-2(4,5)1(6)7/h2-6,12-14H,7-11H2,1H3;(H,6,7). The molecule has 2 aromatic heterocycles. The van der Waals surface area contributed by atoms with Crippen LogP contribution in [0.3, 0.4) is 0 Å². The molecule has 2 aliphatic rings. The van der Waals surface area contributed by atoms with Crippen LogP contribution in [-0.2, 0) is 32.6 Å². The van der Waals surface area contributed by atoms with E-state index < -0.39 is 28.2 Å². The van der Waals surface area contributed by atoms with E-state index in [4.69, 9.17) is 9.90 Å². The van der Waals surface area contributed by atoms with Gasteiger partial charge >= 0.3 is 12.1 Å². The zero-order valence-corrected chi connectivity index (χ0v) is 18.8. The van der Waals surface area contributed by atoms with Gasteiger partial charge in [0, 0.05) is 44.8 Å². The molecule has 1 amide bonds. The number of rotatable bonds is 4. The molecule has 34 heavy (non-hydrogen) atoms. The molecule has 0 aliphatic carbocycles. The van der Waals surface area contributed by atoms with Crippen molar-refractivity contribution in [3.63, 3.8) is 0 Å². The molecule has 0 spiro atoms. The Morgan fingerprint density at radius 3 is 2.41 bits per heavy atom. The molecule has 1 atom stereocenters. The number of carboxylic acids is 1. The third-order valence-corrected chi connectivity index (χ3v) is 7.16. The smallest absolute Gasteiger partial charge is 0.475 e. The Balaban J connectivity index is 0.000000406. The van der Waals surface area contributed by atoms with Crippen LogP contribution >= 0.6 is 0 Å². The maximum Gasteiger partial charge on any atom is 0.490 e. The average molecular weight is 501 g/mol. The molecule has 10 nitrogen and oxygen atoms in total. The number of fused-ring (bicyclic) bond motifs is 1. The molecule has 0 saturated carbocycles. The van der Waals surface area contributed by atoms with Crippen molar-refractivity contribution in [2.75, 3.05) is 19.6 Å². The Labute approximate surface area is 193 Å². The Morgan fingerprint density at radius 2 is 1.85 bits per heavy atom. The number of halogens is 3. The summed E-state index contributed by atoms with van der Waals surface area (Å²) in [7, 11) is -3.65. The van der Waals surface area contributed by atoms with Crippen molar-refractivity contribution in [1.82, 2.24) is 23.7 Å². The van der Waals surface area contributed by atoms with E-state index in [-0.39, 0.29) is 17.2 Å². The summed E-state index contributed by atoms with van der Waals surface area (Å²) in [4.78, 5) is 31.7. The summed E-state index contributed by atoms with van der Waals surface area (Å²) in [5, 5.41) is 7.12. The van der Waals surface area contributed by atoms with Crippen LogP contribution in [0.4, 0.5) is 13.2 Å². The number of imidazole rings is 1. The second-order valence-electron chi connectivity index (χ2n) is 7.51. The van der Waals surface area contributed by atoms with Crippen LogP contribution in [0.1, 0.15) is 24.5 Å². The van der Waals surface area contributed by atoms with Gasteiger partial charge in [0.15, 0.2) is 0 Å². The van der Waals surface area contributed by atoms with Gasteiger partial charge in [-0.3, -0.25) is 9.78 Å². The number of hydrogen-bond donors (Lipinski definition) is 1. The van der Waals surface area contributed by atoms with Crippen molar-refractivity contribution in [3.05, 3.63) is 54.4 Å². The van der Waals surface area contributed by atoms with E-state index in [1.165, 1.54) is 10.5 Å². The minimum Gasteiger partial charge on any atom is -0.475 e. The van der Waals surface area contributed by atoms with Gasteiger partial charge in [0.1, 0.15) is 10.7 Å². The number of pyridine rings is 1. The third-order valence-electron chi connectivity index (χ3n) is 5.21. The minimum atomic E-state index is -5.08. The molecule has 2 aromatic rings. The molecule has 0 aromatic carbocycles. The summed E-state index contributed by atoms with van der Waals surface area (Å²) >= 11 is 0. The number of amides is 1. The molecule has 14 heteroatoms. The number of carboxylic acid groups (broad SMARTS) is 1. The van der Waals surface area contributed by atoms with Crippen molar-refractivity contribution in [2.24, 2.45) is 0 Å². The topological polar surface area (TPSA) is 126 Å². The number of nitrogens with zero attached hydrogens (tertiary/aromatic N) is 5. The third kappa shape index (κ3) is 5.62. The van der Waals surface area contributed by atoms with Gasteiger partial charge in [0.25, 0.3) is 0 Å². The summed E-state index contributed by atoms with van der Waals surface area (Å²) in [6.45, 7) is 3.96. The number of aliphatic carboxylic acids is 1. The molecular weight excluding hydrogens is 479 g/mol. The van der Waals surface area contributed by atoms with E-state index in [2.05, 4.69) is 9.97 Å². The van der Waals surface area contributed by atoms with Gasteiger partial charge in [0.05, 0.1) is 18.2 Å². The van der Waals surface area contributed by atoms with E-state index in [1.54, 1.807) is 23.2 Å². The lowest BCUT2D eigenvalue weighted by molar-refractivity contribution is -0.192. The number of carbonyl (C=O) groups excluding carboxylic acids is 1. The van der Waals surface area contributed by atoms with Crippen LogP contribution in [0.25, 0.3) is 0 Å². The summed E-state index contributed by atoms with van der Waals surface area (Å²) in [5.74, 6) is -2.06. The first kappa shape index (κ1) is 25.4. The molecule has 0 bridgehead atoms. The summed E-state index contributed by atoms with van der Waals surface area (Å²) < 4.78 is 61.0. The quantitative estimate of drug-likeness (QED) is 0.631. The molecule has 2 aliphatic heterocycles. The summed E-state index contributed by atoms with van der Waals surface area (Å²) in [6.07, 6.45) is 3.85. The van der Waals surface area contributed by atoms with E-state index in [9.17, 15) is 26.4 Å². The maximum absolute atomic E-state index is 12.9. The van der Waals surface area contributed by atoms with Crippen molar-refractivity contribution < 1.29 is 36.3 Å². The van der Waals surface area contributed by atoms with Gasteiger partial charge in [-0.05, 0) is 19.1 Å². The minimum absolute atomic E-state index is 0.0305. The van der Waals surface area contributed by atoms with Gasteiger partial charge in [-0.25, -0.2) is 18.2 Å². The molecule has 4 heterocycles. The lowest BCUT2D eigenvalue weighted by Gasteiger charge is -2.32. The second-order valence-corrected chi connectivity index (χ2v) is 9.40. The van der Waals surface area contributed by atoms with Crippen molar-refractivity contribution in [1.29, 1.82) is 0 Å². The van der Waals surface area contributed by atoms with Crippen LogP contribution in [-0.4, -0.2) is 75.0 Å². The Morgan fingerprint density at radius 1 is 1.21 bits per heavy atom. The largest absolute Gasteiger partial charge is 0.490 e. The first-order valence-electron chi connectivity index (χ1n) is 10.1. The van der Waals surface area contributed by atoms with Crippen LogP contribution in [0.5, 0.6) is 0 Å². The Bertz CT molecular complexity index is 1170. The van der Waals surface area contributed by atoms with Crippen LogP contribution < -0.4 is 0 Å². The summed E-state index contributed by atoms with van der Waals surface area (Å²) in [5.41, 5.74) is 0.675. The number of aromatic nitrogens is 3. The highest BCUT2D eigenvalue weighted by atomic mass is 32.2. The Kier molecular flexibility index (Phi) is 7.41. The van der Waals surface area contributed by atoms with E-state index in [0.717, 1.165) is 0 Å². The molecule has 1 N–H and O–H groups in total. The zero-order chi connectivity index (χ0) is 25.1. The number of carbonyl (C=O) groups is 2. The Hall–Kier alpha value is -3.26. The second kappa shape index (κ2) is 9.93. The van der Waals surface area contributed by atoms with Crippen molar-refractivity contribution >= 4 is 21.9 Å². The number of sulfonamides is 1. The SMILES string of the molecule is CC1c2nc(CC(=O)N3CC=CC3)cn2CCN1S(=O)(=O)c1cccnc1.O=C(O)C(F)(F)F. The summed E-state index contributed by atoms with van der Waals surface area (Å²) in [6, 6.07) is 2.74. The molecule has 0 fully saturated rings. The molecular formula is C20H22F3N5O5S. The fourth-order valence-electron chi connectivity index (χ4n) is 3.52. The average Bonchev–Trinajstić information content (AvgIpc) is 3.44. The van der Waals surface area contributed by atoms with Crippen LogP contribution in [0, 0.1) is 0 Å². The van der Waals surface area contributed by atoms with E-state index in [0.29, 0.717) is 37.7 Å². The maximum atomic E-state index is 12.9. The first-order chi connectivity index (χ1) is 15.9. The molecule has 1 unspecified atom stereocenters.